The summed E-state index contributed by atoms with van der Waals surface area (Å²) in [5, 5.41) is 1.47. The maximum absolute atomic E-state index is 12.7. The van der Waals surface area contributed by atoms with Gasteiger partial charge in [-0.2, -0.15) is 22.0 Å². The van der Waals surface area contributed by atoms with Crippen molar-refractivity contribution < 1.29 is 31.5 Å². The van der Waals surface area contributed by atoms with Crippen LogP contribution in [0.4, 0.5) is 22.0 Å². The summed E-state index contributed by atoms with van der Waals surface area (Å²) in [5.41, 5.74) is 4.85. The number of rotatable bonds is 4. The molecule has 21 heavy (non-hydrogen) atoms. The van der Waals surface area contributed by atoms with Gasteiger partial charge in [0, 0.05) is 6.54 Å². The summed E-state index contributed by atoms with van der Waals surface area (Å²) in [6.45, 7) is -0.116. The number of amides is 2. The molecule has 0 radical (unpaired) electrons. The molecule has 1 aliphatic heterocycles. The third-order valence-electron chi connectivity index (χ3n) is 2.56. The molecule has 0 spiro atoms. The van der Waals surface area contributed by atoms with Gasteiger partial charge in [-0.1, -0.05) is 11.8 Å². The Balaban J connectivity index is 2.79. The van der Waals surface area contributed by atoms with Crippen LogP contribution in [-0.2, 0) is 9.59 Å². The van der Waals surface area contributed by atoms with Gasteiger partial charge in [-0.05, 0) is 6.92 Å². The molecule has 0 aromatic rings. The Bertz CT molecular complexity index is 478. The van der Waals surface area contributed by atoms with Crippen LogP contribution in [0.3, 0.4) is 0 Å². The lowest BCUT2D eigenvalue weighted by atomic mass is 10.3. The van der Waals surface area contributed by atoms with Crippen LogP contribution in [0.1, 0.15) is 6.92 Å². The van der Waals surface area contributed by atoms with Crippen molar-refractivity contribution in [2.75, 3.05) is 18.8 Å². The standard InChI is InChI=1S/C10H12F5N3O2S/c1-2-18-5(19)3-21-8(18)6(16)7(20)17-4-9(11,12)10(13,14)15/h2-4,16H2,1H3,(H,17,20)/b8-6+. The van der Waals surface area contributed by atoms with Gasteiger partial charge in [0.05, 0.1) is 12.3 Å². The first-order chi connectivity index (χ1) is 9.51. The van der Waals surface area contributed by atoms with Crippen LogP contribution in [0.5, 0.6) is 0 Å². The van der Waals surface area contributed by atoms with Crippen LogP contribution >= 0.6 is 11.8 Å². The quantitative estimate of drug-likeness (QED) is 0.595. The molecule has 2 amide bonds. The minimum atomic E-state index is -5.77. The molecule has 1 rings (SSSR count). The Morgan fingerprint density at radius 3 is 2.43 bits per heavy atom. The highest BCUT2D eigenvalue weighted by molar-refractivity contribution is 8.04. The molecule has 0 saturated carbocycles. The van der Waals surface area contributed by atoms with Crippen molar-refractivity contribution in [2.24, 2.45) is 5.73 Å². The number of carbonyl (C=O) groups excluding carboxylic acids is 2. The van der Waals surface area contributed by atoms with Crippen molar-refractivity contribution >= 4 is 23.6 Å². The zero-order chi connectivity index (χ0) is 16.4. The minimum absolute atomic E-state index is 0.0237. The predicted octanol–water partition coefficient (Wildman–Crippen LogP) is 1.02. The average molecular weight is 333 g/mol. The normalized spacial score (nSPS) is 19.0. The van der Waals surface area contributed by atoms with E-state index in [9.17, 15) is 31.5 Å². The average Bonchev–Trinajstić information content (AvgIpc) is 2.74. The molecule has 3 N–H and O–H groups in total. The van der Waals surface area contributed by atoms with E-state index in [0.717, 1.165) is 16.7 Å². The number of nitrogens with one attached hydrogen (secondary N) is 1. The number of nitrogens with two attached hydrogens (primary N) is 1. The molecular weight excluding hydrogens is 321 g/mol. The summed E-state index contributed by atoms with van der Waals surface area (Å²) in [6.07, 6.45) is -5.77. The van der Waals surface area contributed by atoms with E-state index in [4.69, 9.17) is 5.73 Å². The van der Waals surface area contributed by atoms with Crippen molar-refractivity contribution in [1.29, 1.82) is 0 Å². The van der Waals surface area contributed by atoms with E-state index in [1.165, 1.54) is 5.32 Å². The predicted molar refractivity (Wildman–Crippen MR) is 65.1 cm³/mol. The summed E-state index contributed by atoms with van der Waals surface area (Å²) in [6, 6.07) is 0. The first kappa shape index (κ1) is 17.5. The maximum Gasteiger partial charge on any atom is 0.455 e. The van der Waals surface area contributed by atoms with E-state index in [1.54, 1.807) is 6.92 Å². The monoisotopic (exact) mass is 333 g/mol. The van der Waals surface area contributed by atoms with Crippen LogP contribution in [0, 0.1) is 0 Å². The van der Waals surface area contributed by atoms with Crippen molar-refractivity contribution in [2.45, 2.75) is 19.0 Å². The lowest BCUT2D eigenvalue weighted by Gasteiger charge is -2.20. The number of hydrogen-bond donors (Lipinski definition) is 2. The Kier molecular flexibility index (Phi) is 5.07. The first-order valence-corrected chi connectivity index (χ1v) is 6.65. The van der Waals surface area contributed by atoms with Crippen LogP contribution < -0.4 is 11.1 Å². The minimum Gasteiger partial charge on any atom is -0.392 e. The van der Waals surface area contributed by atoms with E-state index in [2.05, 4.69) is 0 Å². The van der Waals surface area contributed by atoms with Crippen molar-refractivity contribution in [1.82, 2.24) is 10.2 Å². The molecule has 0 aromatic heterocycles. The van der Waals surface area contributed by atoms with E-state index in [1.807, 2.05) is 0 Å². The third-order valence-corrected chi connectivity index (χ3v) is 3.66. The largest absolute Gasteiger partial charge is 0.455 e. The highest BCUT2D eigenvalue weighted by Gasteiger charge is 2.57. The number of thioether (sulfide) groups is 1. The van der Waals surface area contributed by atoms with E-state index in [-0.39, 0.29) is 23.2 Å². The second kappa shape index (κ2) is 6.08. The summed E-state index contributed by atoms with van der Waals surface area (Å²) in [7, 11) is 0. The molecule has 0 bridgehead atoms. The van der Waals surface area contributed by atoms with Gasteiger partial charge < -0.3 is 16.0 Å². The smallest absolute Gasteiger partial charge is 0.392 e. The fraction of sp³-hybridized carbons (Fsp3) is 0.600. The summed E-state index contributed by atoms with van der Waals surface area (Å²) in [5.74, 6) is -6.64. The van der Waals surface area contributed by atoms with Crippen LogP contribution in [-0.4, -0.2) is 47.7 Å². The zero-order valence-electron chi connectivity index (χ0n) is 10.8. The molecule has 1 aliphatic rings. The van der Waals surface area contributed by atoms with Gasteiger partial charge in [-0.3, -0.25) is 9.59 Å². The summed E-state index contributed by atoms with van der Waals surface area (Å²) in [4.78, 5) is 24.1. The Morgan fingerprint density at radius 2 is 1.95 bits per heavy atom. The highest BCUT2D eigenvalue weighted by atomic mass is 32.2. The number of alkyl halides is 5. The molecule has 11 heteroatoms. The molecule has 0 unspecified atom stereocenters. The van der Waals surface area contributed by atoms with Crippen molar-refractivity contribution in [3.63, 3.8) is 0 Å². The van der Waals surface area contributed by atoms with Crippen LogP contribution in [0.15, 0.2) is 10.7 Å². The molecule has 1 heterocycles. The van der Waals surface area contributed by atoms with Crippen molar-refractivity contribution in [3.05, 3.63) is 10.7 Å². The zero-order valence-corrected chi connectivity index (χ0v) is 11.6. The Morgan fingerprint density at radius 1 is 1.38 bits per heavy atom. The van der Waals surface area contributed by atoms with Crippen LogP contribution in [0.2, 0.25) is 0 Å². The van der Waals surface area contributed by atoms with Gasteiger partial charge in [0.2, 0.25) is 5.91 Å². The highest BCUT2D eigenvalue weighted by Crippen LogP contribution is 2.35. The van der Waals surface area contributed by atoms with Gasteiger partial charge >= 0.3 is 12.1 Å². The molecule has 1 saturated heterocycles. The van der Waals surface area contributed by atoms with E-state index >= 15 is 0 Å². The number of nitrogens with zero attached hydrogens (tertiary/aromatic N) is 1. The van der Waals surface area contributed by atoms with E-state index < -0.39 is 30.2 Å². The van der Waals surface area contributed by atoms with E-state index in [0.29, 0.717) is 0 Å². The second-order valence-electron chi connectivity index (χ2n) is 4.03. The summed E-state index contributed by atoms with van der Waals surface area (Å²) >= 11 is 0.919. The Hall–Kier alpha value is -1.52. The molecule has 0 aromatic carbocycles. The van der Waals surface area contributed by atoms with Gasteiger partial charge in [-0.15, -0.1) is 0 Å². The first-order valence-electron chi connectivity index (χ1n) is 5.67. The molecular formula is C10H12F5N3O2S. The maximum atomic E-state index is 12.7. The van der Waals surface area contributed by atoms with Gasteiger partial charge in [0.1, 0.15) is 10.7 Å². The number of hydrogen-bond acceptors (Lipinski definition) is 4. The fourth-order valence-electron chi connectivity index (χ4n) is 1.43. The molecule has 0 atom stereocenters. The second-order valence-corrected chi connectivity index (χ2v) is 4.99. The third kappa shape index (κ3) is 3.77. The SMILES string of the molecule is CCN1C(=O)CS/C1=C(/N)C(=O)NCC(F)(F)C(F)(F)F. The van der Waals surface area contributed by atoms with Gasteiger partial charge in [0.15, 0.2) is 0 Å². The molecule has 0 aliphatic carbocycles. The molecule has 5 nitrogen and oxygen atoms in total. The topological polar surface area (TPSA) is 75.4 Å². The summed E-state index contributed by atoms with van der Waals surface area (Å²) < 4.78 is 61.2. The van der Waals surface area contributed by atoms with Crippen molar-refractivity contribution in [3.8, 4) is 0 Å². The number of carbonyl (C=O) groups is 2. The lowest BCUT2D eigenvalue weighted by molar-refractivity contribution is -0.278. The Labute approximate surface area is 120 Å². The lowest BCUT2D eigenvalue weighted by Crippen LogP contribution is -2.47. The molecule has 120 valence electrons. The number of halogens is 5. The van der Waals surface area contributed by atoms with Gasteiger partial charge in [-0.25, -0.2) is 0 Å². The van der Waals surface area contributed by atoms with Gasteiger partial charge in [0.25, 0.3) is 5.91 Å². The molecule has 1 fully saturated rings. The van der Waals surface area contributed by atoms with Crippen LogP contribution in [0.25, 0.3) is 0 Å². The fourth-order valence-corrected chi connectivity index (χ4v) is 2.48.